The van der Waals surface area contributed by atoms with Gasteiger partial charge in [0.1, 0.15) is 5.52 Å². The molecule has 2 aromatic carbocycles. The highest BCUT2D eigenvalue weighted by atomic mass is 32.2. The average Bonchev–Trinajstić information content (AvgIpc) is 3.04. The molecule has 6 nitrogen and oxygen atoms in total. The molecule has 1 amide bonds. The molecule has 136 valence electrons. The Labute approximate surface area is 160 Å². The van der Waals surface area contributed by atoms with E-state index in [1.54, 1.807) is 0 Å². The molecule has 2 N–H and O–H groups in total. The lowest BCUT2D eigenvalue weighted by molar-refractivity contribution is -0.113. The largest absolute Gasteiger partial charge is 0.338 e. The molecule has 2 heterocycles. The molecule has 0 aliphatic carbocycles. The summed E-state index contributed by atoms with van der Waals surface area (Å²) in [5.41, 5.74) is 4.42. The number of aromatic nitrogens is 4. The third-order valence-electron chi connectivity index (χ3n) is 4.30. The zero-order chi connectivity index (χ0) is 18.8. The first-order valence-corrected chi connectivity index (χ1v) is 9.72. The van der Waals surface area contributed by atoms with Crippen molar-refractivity contribution < 1.29 is 4.79 Å². The van der Waals surface area contributed by atoms with Gasteiger partial charge in [0.25, 0.3) is 0 Å². The molecule has 0 aliphatic heterocycles. The highest BCUT2D eigenvalue weighted by Gasteiger charge is 2.11. The van der Waals surface area contributed by atoms with E-state index in [-0.39, 0.29) is 11.7 Å². The van der Waals surface area contributed by atoms with Gasteiger partial charge in [-0.3, -0.25) is 4.79 Å². The van der Waals surface area contributed by atoms with Gasteiger partial charge >= 0.3 is 0 Å². The summed E-state index contributed by atoms with van der Waals surface area (Å²) in [7, 11) is 0. The molecular weight excluding hydrogens is 358 g/mol. The fraction of sp³-hybridized carbons (Fsp3) is 0.200. The van der Waals surface area contributed by atoms with Crippen molar-refractivity contribution in [3.05, 3.63) is 54.1 Å². The normalized spacial score (nSPS) is 11.4. The van der Waals surface area contributed by atoms with Crippen LogP contribution in [0.2, 0.25) is 0 Å². The number of anilines is 1. The molecule has 4 rings (SSSR count). The summed E-state index contributed by atoms with van der Waals surface area (Å²) in [5.74, 6) is 0.589. The lowest BCUT2D eigenvalue weighted by Crippen LogP contribution is -2.14. The fourth-order valence-electron chi connectivity index (χ4n) is 2.85. The molecule has 0 fully saturated rings. The van der Waals surface area contributed by atoms with Crippen molar-refractivity contribution in [2.75, 3.05) is 11.1 Å². The summed E-state index contributed by atoms with van der Waals surface area (Å²) in [4.78, 5) is 19.9. The van der Waals surface area contributed by atoms with Crippen LogP contribution in [0.25, 0.3) is 22.1 Å². The molecule has 0 radical (unpaired) electrons. The van der Waals surface area contributed by atoms with E-state index in [0.717, 1.165) is 22.1 Å². The molecule has 4 aromatic rings. The molecule has 0 unspecified atom stereocenters. The van der Waals surface area contributed by atoms with Crippen molar-refractivity contribution in [2.45, 2.75) is 24.9 Å². The maximum Gasteiger partial charge on any atom is 0.234 e. The van der Waals surface area contributed by atoms with Crippen LogP contribution in [0.15, 0.2) is 53.7 Å². The van der Waals surface area contributed by atoms with Crippen LogP contribution in [0.4, 0.5) is 5.69 Å². The lowest BCUT2D eigenvalue weighted by Gasteiger charge is -2.08. The van der Waals surface area contributed by atoms with Crippen LogP contribution in [0.1, 0.15) is 25.3 Å². The second-order valence-corrected chi connectivity index (χ2v) is 7.52. The van der Waals surface area contributed by atoms with Crippen LogP contribution in [-0.4, -0.2) is 31.8 Å². The van der Waals surface area contributed by atoms with E-state index in [1.807, 2.05) is 48.5 Å². The number of rotatable bonds is 5. The van der Waals surface area contributed by atoms with E-state index in [0.29, 0.717) is 16.7 Å². The van der Waals surface area contributed by atoms with E-state index in [4.69, 9.17) is 0 Å². The van der Waals surface area contributed by atoms with Crippen LogP contribution in [0, 0.1) is 0 Å². The van der Waals surface area contributed by atoms with Gasteiger partial charge in [0, 0.05) is 16.6 Å². The maximum atomic E-state index is 12.2. The first-order valence-electron chi connectivity index (χ1n) is 8.74. The van der Waals surface area contributed by atoms with Crippen LogP contribution in [-0.2, 0) is 4.79 Å². The number of nitrogens with zero attached hydrogens (tertiary/aromatic N) is 3. The Morgan fingerprint density at radius 3 is 2.67 bits per heavy atom. The first kappa shape index (κ1) is 17.5. The third kappa shape index (κ3) is 3.78. The number of amides is 1. The Morgan fingerprint density at radius 2 is 1.89 bits per heavy atom. The molecule has 0 spiro atoms. The third-order valence-corrected chi connectivity index (χ3v) is 5.13. The van der Waals surface area contributed by atoms with E-state index in [1.165, 1.54) is 17.3 Å². The molecule has 7 heteroatoms. The minimum Gasteiger partial charge on any atom is -0.338 e. The summed E-state index contributed by atoms with van der Waals surface area (Å²) in [5, 5.41) is 12.8. The summed E-state index contributed by atoms with van der Waals surface area (Å²) >= 11 is 1.26. The molecule has 0 saturated heterocycles. The predicted octanol–water partition coefficient (Wildman–Crippen LogP) is 4.36. The lowest BCUT2D eigenvalue weighted by atomic mass is 10.0. The molecule has 0 atom stereocenters. The standard InChI is InChI=1S/C20H19N5OS/c1-12(2)13-7-9-14(10-8-13)21-17(26)11-27-20-23-19-18(24-25-20)15-5-3-4-6-16(15)22-19/h3-10,12H,11H2,1-2H3,(H,21,26)(H,22,23,25). The molecular formula is C20H19N5OS. The Morgan fingerprint density at radius 1 is 1.11 bits per heavy atom. The second-order valence-electron chi connectivity index (χ2n) is 6.58. The molecule has 0 bridgehead atoms. The number of H-pyrrole nitrogens is 1. The number of aromatic amines is 1. The summed E-state index contributed by atoms with van der Waals surface area (Å²) in [6.45, 7) is 4.28. The first-order chi connectivity index (χ1) is 13.1. The Kier molecular flexibility index (Phi) is 4.77. The number of fused-ring (bicyclic) bond motifs is 3. The molecule has 0 saturated carbocycles. The van der Waals surface area contributed by atoms with E-state index >= 15 is 0 Å². The smallest absolute Gasteiger partial charge is 0.234 e. The Balaban J connectivity index is 1.41. The average molecular weight is 377 g/mol. The van der Waals surface area contributed by atoms with E-state index < -0.39 is 0 Å². The SMILES string of the molecule is CC(C)c1ccc(NC(=O)CSc2nnc3c(n2)[nH]c2ccccc23)cc1. The van der Waals surface area contributed by atoms with Gasteiger partial charge in [0.2, 0.25) is 11.1 Å². The number of carbonyl (C=O) groups excluding carboxylic acids is 1. The maximum absolute atomic E-state index is 12.2. The summed E-state index contributed by atoms with van der Waals surface area (Å²) < 4.78 is 0. The monoisotopic (exact) mass is 377 g/mol. The zero-order valence-corrected chi connectivity index (χ0v) is 15.9. The van der Waals surface area contributed by atoms with Gasteiger partial charge in [0.15, 0.2) is 5.65 Å². The highest BCUT2D eigenvalue weighted by Crippen LogP contribution is 2.23. The second kappa shape index (κ2) is 7.36. The molecule has 0 aliphatic rings. The number of nitrogens with one attached hydrogen (secondary N) is 2. The topological polar surface area (TPSA) is 83.6 Å². The quantitative estimate of drug-likeness (QED) is 0.505. The predicted molar refractivity (Wildman–Crippen MR) is 109 cm³/mol. The van der Waals surface area contributed by atoms with Gasteiger partial charge < -0.3 is 10.3 Å². The van der Waals surface area contributed by atoms with Crippen molar-refractivity contribution in [1.82, 2.24) is 20.2 Å². The van der Waals surface area contributed by atoms with E-state index in [2.05, 4.69) is 39.3 Å². The van der Waals surface area contributed by atoms with Crippen molar-refractivity contribution in [1.29, 1.82) is 0 Å². The van der Waals surface area contributed by atoms with Crippen molar-refractivity contribution >= 4 is 45.4 Å². The fourth-order valence-corrected chi connectivity index (χ4v) is 3.43. The number of para-hydroxylation sites is 1. The zero-order valence-electron chi connectivity index (χ0n) is 15.1. The van der Waals surface area contributed by atoms with E-state index in [9.17, 15) is 4.79 Å². The van der Waals surface area contributed by atoms with Gasteiger partial charge in [-0.1, -0.05) is 55.9 Å². The van der Waals surface area contributed by atoms with Crippen LogP contribution >= 0.6 is 11.8 Å². The van der Waals surface area contributed by atoms with Gasteiger partial charge in [-0.15, -0.1) is 10.2 Å². The van der Waals surface area contributed by atoms with Crippen molar-refractivity contribution in [3.63, 3.8) is 0 Å². The van der Waals surface area contributed by atoms with Gasteiger partial charge in [0.05, 0.1) is 5.75 Å². The number of carbonyl (C=O) groups is 1. The minimum atomic E-state index is -0.0994. The Hall–Kier alpha value is -2.93. The number of hydrogen-bond acceptors (Lipinski definition) is 5. The molecule has 2 aromatic heterocycles. The number of hydrogen-bond donors (Lipinski definition) is 2. The number of thioether (sulfide) groups is 1. The minimum absolute atomic E-state index is 0.0994. The summed E-state index contributed by atoms with van der Waals surface area (Å²) in [6.07, 6.45) is 0. The Bertz CT molecular complexity index is 1100. The summed E-state index contributed by atoms with van der Waals surface area (Å²) in [6, 6.07) is 15.8. The van der Waals surface area contributed by atoms with Crippen LogP contribution in [0.5, 0.6) is 0 Å². The number of benzene rings is 2. The van der Waals surface area contributed by atoms with Gasteiger partial charge in [-0.05, 0) is 29.7 Å². The van der Waals surface area contributed by atoms with Gasteiger partial charge in [-0.2, -0.15) is 0 Å². The van der Waals surface area contributed by atoms with Crippen molar-refractivity contribution in [3.8, 4) is 0 Å². The van der Waals surface area contributed by atoms with Crippen molar-refractivity contribution in [2.24, 2.45) is 0 Å². The molecule has 27 heavy (non-hydrogen) atoms. The van der Waals surface area contributed by atoms with Crippen LogP contribution < -0.4 is 5.32 Å². The van der Waals surface area contributed by atoms with Gasteiger partial charge in [-0.25, -0.2) is 4.98 Å². The van der Waals surface area contributed by atoms with Crippen LogP contribution in [0.3, 0.4) is 0 Å². The highest BCUT2D eigenvalue weighted by molar-refractivity contribution is 7.99.